The maximum atomic E-state index is 13.1. The van der Waals surface area contributed by atoms with E-state index in [0.29, 0.717) is 24.6 Å². The number of imidazole rings is 1. The number of hydrogen-bond acceptors (Lipinski definition) is 5. The molecule has 0 bridgehead atoms. The third-order valence-corrected chi connectivity index (χ3v) is 5.04. The number of hydrogen-bond donors (Lipinski definition) is 2. The number of nitrogens with zero attached hydrogens (tertiary/aromatic N) is 4. The van der Waals surface area contributed by atoms with E-state index in [9.17, 15) is 9.59 Å². The van der Waals surface area contributed by atoms with Crippen molar-refractivity contribution in [2.45, 2.75) is 39.9 Å². The Kier molecular flexibility index (Phi) is 6.22. The zero-order valence-electron chi connectivity index (χ0n) is 18.1. The third-order valence-electron chi connectivity index (χ3n) is 5.04. The van der Waals surface area contributed by atoms with E-state index in [1.54, 1.807) is 19.4 Å². The zero-order valence-corrected chi connectivity index (χ0v) is 18.1. The lowest BCUT2D eigenvalue weighted by Crippen LogP contribution is -2.53. The van der Waals surface area contributed by atoms with Gasteiger partial charge >= 0.3 is 0 Å². The maximum Gasteiger partial charge on any atom is 0.272 e. The summed E-state index contributed by atoms with van der Waals surface area (Å²) in [6.45, 7) is 7.86. The fourth-order valence-corrected chi connectivity index (χ4v) is 3.35. The lowest BCUT2D eigenvalue weighted by atomic mass is 9.86. The van der Waals surface area contributed by atoms with Crippen molar-refractivity contribution in [1.29, 1.82) is 0 Å². The van der Waals surface area contributed by atoms with E-state index in [2.05, 4.69) is 37.3 Å². The zero-order chi connectivity index (χ0) is 21.9. The Morgan fingerprint density at radius 3 is 2.63 bits per heavy atom. The van der Waals surface area contributed by atoms with Crippen molar-refractivity contribution in [3.05, 3.63) is 47.3 Å². The fourth-order valence-electron chi connectivity index (χ4n) is 3.35. The third kappa shape index (κ3) is 4.69. The Morgan fingerprint density at radius 2 is 2.00 bits per heavy atom. The summed E-state index contributed by atoms with van der Waals surface area (Å²) in [4.78, 5) is 36.2. The number of carbonyl (C=O) groups excluding carboxylic acids is 2. The lowest BCUT2D eigenvalue weighted by molar-refractivity contribution is -0.124. The minimum absolute atomic E-state index is 0.238. The minimum Gasteiger partial charge on any atom is -0.357 e. The number of rotatable bonds is 3. The second-order valence-corrected chi connectivity index (χ2v) is 8.50. The van der Waals surface area contributed by atoms with Crippen molar-refractivity contribution in [2.24, 2.45) is 5.41 Å². The number of amides is 2. The van der Waals surface area contributed by atoms with E-state index >= 15 is 0 Å². The number of aromatic nitrogens is 3. The summed E-state index contributed by atoms with van der Waals surface area (Å²) in [7, 11) is 3.56. The summed E-state index contributed by atoms with van der Waals surface area (Å²) in [5, 5.41) is 5.50. The molecule has 1 atom stereocenters. The van der Waals surface area contributed by atoms with Gasteiger partial charge in [0, 0.05) is 44.6 Å². The number of pyridine rings is 1. The van der Waals surface area contributed by atoms with Gasteiger partial charge in [-0.05, 0) is 30.5 Å². The highest BCUT2D eigenvalue weighted by Crippen LogP contribution is 2.22. The molecule has 0 fully saturated rings. The molecular formula is C22H28N6O2. The Balaban J connectivity index is 1.96. The van der Waals surface area contributed by atoms with Gasteiger partial charge < -0.3 is 15.2 Å². The van der Waals surface area contributed by atoms with Crippen LogP contribution in [0.15, 0.2) is 24.5 Å². The summed E-state index contributed by atoms with van der Waals surface area (Å²) in [6.07, 6.45) is 3.38. The first-order valence-electron chi connectivity index (χ1n) is 9.93. The number of carbonyl (C=O) groups is 2. The van der Waals surface area contributed by atoms with E-state index in [1.807, 2.05) is 44.5 Å². The molecule has 1 aliphatic heterocycles. The van der Waals surface area contributed by atoms with Gasteiger partial charge in [0.05, 0.1) is 5.69 Å². The first kappa shape index (κ1) is 21.5. The molecule has 158 valence electrons. The Hall–Kier alpha value is -3.18. The average Bonchev–Trinajstić information content (AvgIpc) is 3.07. The molecule has 3 rings (SSSR count). The quantitative estimate of drug-likeness (QED) is 0.740. The first-order chi connectivity index (χ1) is 14.2. The Morgan fingerprint density at radius 1 is 1.23 bits per heavy atom. The predicted molar refractivity (Wildman–Crippen MR) is 114 cm³/mol. The minimum atomic E-state index is -0.682. The van der Waals surface area contributed by atoms with Crippen LogP contribution in [-0.2, 0) is 17.9 Å². The number of fused-ring (bicyclic) bond motifs is 1. The summed E-state index contributed by atoms with van der Waals surface area (Å²) in [6, 6.07) is 3.02. The molecule has 2 aromatic heterocycles. The second-order valence-electron chi connectivity index (χ2n) is 8.50. The standard InChI is InChI=1S/C22H28N6O2/c1-22(2,3)19(21(30)23-4)26-20(29)18-16-14-27(5)11-12-28(16)17(25-18)9-8-15-7-6-10-24-13-15/h6-7,10,13,19H,11-12,14H2,1-5H3,(H,23,30)(H,26,29). The van der Waals surface area contributed by atoms with E-state index in [-0.39, 0.29) is 11.8 Å². The van der Waals surface area contributed by atoms with Crippen molar-refractivity contribution in [3.63, 3.8) is 0 Å². The molecular weight excluding hydrogens is 380 g/mol. The van der Waals surface area contributed by atoms with Crippen LogP contribution in [0.5, 0.6) is 0 Å². The molecule has 1 aliphatic rings. The summed E-state index contributed by atoms with van der Waals surface area (Å²) < 4.78 is 1.99. The average molecular weight is 409 g/mol. The van der Waals surface area contributed by atoms with Gasteiger partial charge in [0.25, 0.3) is 5.91 Å². The molecule has 8 heteroatoms. The van der Waals surface area contributed by atoms with Crippen LogP contribution < -0.4 is 10.6 Å². The molecule has 0 saturated heterocycles. The highest BCUT2D eigenvalue weighted by Gasteiger charge is 2.34. The van der Waals surface area contributed by atoms with Crippen LogP contribution in [-0.4, -0.2) is 57.9 Å². The van der Waals surface area contributed by atoms with Gasteiger partial charge in [-0.2, -0.15) is 0 Å². The van der Waals surface area contributed by atoms with E-state index in [1.165, 1.54) is 0 Å². The summed E-state index contributed by atoms with van der Waals surface area (Å²) in [5.41, 5.74) is 1.45. The van der Waals surface area contributed by atoms with E-state index in [4.69, 9.17) is 0 Å². The van der Waals surface area contributed by atoms with Gasteiger partial charge in [0.1, 0.15) is 6.04 Å². The van der Waals surface area contributed by atoms with Crippen molar-refractivity contribution in [2.75, 3.05) is 20.6 Å². The molecule has 0 aromatic carbocycles. The predicted octanol–water partition coefficient (Wildman–Crippen LogP) is 1.01. The van der Waals surface area contributed by atoms with Crippen molar-refractivity contribution in [1.82, 2.24) is 30.1 Å². The van der Waals surface area contributed by atoms with E-state index in [0.717, 1.165) is 17.8 Å². The molecule has 2 N–H and O–H groups in total. The molecule has 1 unspecified atom stereocenters. The molecule has 0 spiro atoms. The Bertz CT molecular complexity index is 994. The molecule has 3 heterocycles. The smallest absolute Gasteiger partial charge is 0.272 e. The normalized spacial score (nSPS) is 14.8. The molecule has 8 nitrogen and oxygen atoms in total. The number of nitrogens with one attached hydrogen (secondary N) is 2. The molecule has 0 aliphatic carbocycles. The summed E-state index contributed by atoms with van der Waals surface area (Å²) >= 11 is 0. The summed E-state index contributed by atoms with van der Waals surface area (Å²) in [5.74, 6) is 6.08. The molecule has 2 aromatic rings. The maximum absolute atomic E-state index is 13.1. The van der Waals surface area contributed by atoms with Crippen LogP contribution in [0.4, 0.5) is 0 Å². The van der Waals surface area contributed by atoms with Gasteiger partial charge in [0.2, 0.25) is 5.91 Å². The molecule has 0 saturated carbocycles. The van der Waals surface area contributed by atoms with Crippen LogP contribution >= 0.6 is 0 Å². The SMILES string of the molecule is CNC(=O)C(NC(=O)c1nc(C#Cc2cccnc2)n2c1CN(C)CC2)C(C)(C)C. The fraction of sp³-hybridized carbons (Fsp3) is 0.455. The second kappa shape index (κ2) is 8.67. The van der Waals surface area contributed by atoms with Crippen LogP contribution in [0.1, 0.15) is 48.3 Å². The van der Waals surface area contributed by atoms with Crippen LogP contribution in [0.2, 0.25) is 0 Å². The van der Waals surface area contributed by atoms with Crippen molar-refractivity contribution < 1.29 is 9.59 Å². The van der Waals surface area contributed by atoms with Gasteiger partial charge in [-0.3, -0.25) is 19.5 Å². The Labute approximate surface area is 177 Å². The largest absolute Gasteiger partial charge is 0.357 e. The molecule has 0 radical (unpaired) electrons. The van der Waals surface area contributed by atoms with Crippen LogP contribution in [0, 0.1) is 17.3 Å². The number of likely N-dealkylation sites (N-methyl/N-ethyl adjacent to an activating group) is 2. The van der Waals surface area contributed by atoms with Crippen LogP contribution in [0.25, 0.3) is 0 Å². The molecule has 2 amide bonds. The van der Waals surface area contributed by atoms with E-state index < -0.39 is 11.5 Å². The van der Waals surface area contributed by atoms with Crippen molar-refractivity contribution >= 4 is 11.8 Å². The lowest BCUT2D eigenvalue weighted by Gasteiger charge is -2.30. The highest BCUT2D eigenvalue weighted by atomic mass is 16.2. The monoisotopic (exact) mass is 408 g/mol. The topological polar surface area (TPSA) is 92.1 Å². The van der Waals surface area contributed by atoms with Gasteiger partial charge in [-0.1, -0.05) is 26.7 Å². The van der Waals surface area contributed by atoms with Gasteiger partial charge in [0.15, 0.2) is 11.5 Å². The van der Waals surface area contributed by atoms with Gasteiger partial charge in [-0.15, -0.1) is 0 Å². The first-order valence-corrected chi connectivity index (χ1v) is 9.93. The van der Waals surface area contributed by atoms with Crippen LogP contribution in [0.3, 0.4) is 0 Å². The highest BCUT2D eigenvalue weighted by molar-refractivity contribution is 5.97. The van der Waals surface area contributed by atoms with Crippen molar-refractivity contribution in [3.8, 4) is 11.8 Å². The van der Waals surface area contributed by atoms with Gasteiger partial charge in [-0.25, -0.2) is 4.98 Å². The molecule has 30 heavy (non-hydrogen) atoms.